The topological polar surface area (TPSA) is 54.9 Å². The fraction of sp³-hybridized carbons (Fsp3) is 0. The van der Waals surface area contributed by atoms with Crippen molar-refractivity contribution in [2.24, 2.45) is 0 Å². The van der Waals surface area contributed by atoms with Gasteiger partial charge in [-0.2, -0.15) is 0 Å². The Morgan fingerprint density at radius 1 is 0.905 bits per heavy atom. The Hall–Kier alpha value is -2.59. The molecule has 0 aliphatic heterocycles. The number of para-hydroxylation sites is 1. The molecule has 21 heavy (non-hydrogen) atoms. The number of hydrogen-bond acceptors (Lipinski definition) is 2. The summed E-state index contributed by atoms with van der Waals surface area (Å²) in [5, 5.41) is 0.0263. The Morgan fingerprint density at radius 3 is 2.29 bits per heavy atom. The van der Waals surface area contributed by atoms with Crippen molar-refractivity contribution in [2.75, 3.05) is 0 Å². The van der Waals surface area contributed by atoms with Crippen molar-refractivity contribution >= 4 is 11.6 Å². The molecule has 0 saturated carbocycles. The van der Waals surface area contributed by atoms with Crippen LogP contribution in [-0.2, 0) is 0 Å². The zero-order chi connectivity index (χ0) is 14.8. The molecule has 104 valence electrons. The highest BCUT2D eigenvalue weighted by Gasteiger charge is 2.11. The lowest BCUT2D eigenvalue weighted by Gasteiger charge is -2.11. The van der Waals surface area contributed by atoms with Gasteiger partial charge in [0.25, 0.3) is 5.56 Å². The van der Waals surface area contributed by atoms with Crippen molar-refractivity contribution in [3.63, 3.8) is 0 Å². The molecule has 1 aromatic heterocycles. The summed E-state index contributed by atoms with van der Waals surface area (Å²) < 4.78 is 1.08. The number of nitrogens with one attached hydrogen (secondary N) is 1. The minimum Gasteiger partial charge on any atom is -0.297 e. The van der Waals surface area contributed by atoms with Gasteiger partial charge in [-0.05, 0) is 11.6 Å². The standard InChI is InChI=1S/C16H11ClN2O2/c17-14-10-15(20)19(16(21)18-14)13-9-5-4-8-12(13)11-6-2-1-3-7-11/h1-10H,(H,18,21). The van der Waals surface area contributed by atoms with Gasteiger partial charge in [0.15, 0.2) is 0 Å². The van der Waals surface area contributed by atoms with Crippen LogP contribution in [0.4, 0.5) is 0 Å². The number of aromatic amines is 1. The van der Waals surface area contributed by atoms with Crippen LogP contribution < -0.4 is 11.2 Å². The zero-order valence-corrected chi connectivity index (χ0v) is 11.7. The van der Waals surface area contributed by atoms with Crippen molar-refractivity contribution in [1.29, 1.82) is 0 Å². The lowest BCUT2D eigenvalue weighted by Crippen LogP contribution is -2.33. The molecule has 3 rings (SSSR count). The van der Waals surface area contributed by atoms with E-state index in [9.17, 15) is 9.59 Å². The quantitative estimate of drug-likeness (QED) is 0.740. The molecular weight excluding hydrogens is 288 g/mol. The van der Waals surface area contributed by atoms with Crippen LogP contribution in [0.25, 0.3) is 16.8 Å². The Morgan fingerprint density at radius 2 is 1.57 bits per heavy atom. The molecule has 0 atom stereocenters. The van der Waals surface area contributed by atoms with Crippen LogP contribution in [-0.4, -0.2) is 9.55 Å². The lowest BCUT2D eigenvalue weighted by atomic mass is 10.0. The molecule has 4 nitrogen and oxygen atoms in total. The molecule has 0 fully saturated rings. The van der Waals surface area contributed by atoms with Gasteiger partial charge in [0.1, 0.15) is 5.15 Å². The Bertz CT molecular complexity index is 867. The third-order valence-corrected chi connectivity index (χ3v) is 3.33. The highest BCUT2D eigenvalue weighted by Crippen LogP contribution is 2.24. The van der Waals surface area contributed by atoms with Crippen LogP contribution in [0.5, 0.6) is 0 Å². The Balaban J connectivity index is 2.31. The van der Waals surface area contributed by atoms with Gasteiger partial charge in [0.2, 0.25) is 0 Å². The van der Waals surface area contributed by atoms with E-state index in [0.717, 1.165) is 15.7 Å². The molecule has 0 unspecified atom stereocenters. The van der Waals surface area contributed by atoms with Gasteiger partial charge < -0.3 is 0 Å². The van der Waals surface area contributed by atoms with E-state index in [0.29, 0.717) is 5.69 Å². The predicted molar refractivity (Wildman–Crippen MR) is 83.1 cm³/mol. The van der Waals surface area contributed by atoms with E-state index in [1.807, 2.05) is 42.5 Å². The highest BCUT2D eigenvalue weighted by atomic mass is 35.5. The largest absolute Gasteiger partial charge is 0.334 e. The van der Waals surface area contributed by atoms with Crippen molar-refractivity contribution in [2.45, 2.75) is 0 Å². The first-order chi connectivity index (χ1) is 10.2. The molecule has 0 radical (unpaired) electrons. The number of rotatable bonds is 2. The monoisotopic (exact) mass is 298 g/mol. The predicted octanol–water partition coefficient (Wildman–Crippen LogP) is 2.85. The van der Waals surface area contributed by atoms with Gasteiger partial charge in [0.05, 0.1) is 5.69 Å². The van der Waals surface area contributed by atoms with Gasteiger partial charge in [-0.1, -0.05) is 60.1 Å². The van der Waals surface area contributed by atoms with Crippen LogP contribution >= 0.6 is 11.6 Å². The van der Waals surface area contributed by atoms with Gasteiger partial charge in [-0.25, -0.2) is 9.36 Å². The lowest BCUT2D eigenvalue weighted by molar-refractivity contribution is 0.877. The summed E-state index contributed by atoms with van der Waals surface area (Å²) in [7, 11) is 0. The first kappa shape index (κ1) is 13.4. The SMILES string of the molecule is O=c1cc(Cl)[nH]c(=O)n1-c1ccccc1-c1ccccc1. The average molecular weight is 299 g/mol. The van der Waals surface area contributed by atoms with Crippen molar-refractivity contribution in [1.82, 2.24) is 9.55 Å². The van der Waals surface area contributed by atoms with E-state index in [1.165, 1.54) is 6.07 Å². The third kappa shape index (κ3) is 2.53. The van der Waals surface area contributed by atoms with Crippen LogP contribution in [0.1, 0.15) is 0 Å². The number of benzene rings is 2. The van der Waals surface area contributed by atoms with E-state index < -0.39 is 11.2 Å². The molecule has 2 aromatic carbocycles. The summed E-state index contributed by atoms with van der Waals surface area (Å²) in [5.74, 6) is 0. The second-order valence-corrected chi connectivity index (χ2v) is 4.89. The first-order valence-electron chi connectivity index (χ1n) is 6.33. The zero-order valence-electron chi connectivity index (χ0n) is 10.9. The number of hydrogen-bond donors (Lipinski definition) is 1. The van der Waals surface area contributed by atoms with Crippen LogP contribution in [0.15, 0.2) is 70.3 Å². The average Bonchev–Trinajstić information content (AvgIpc) is 2.48. The minimum absolute atomic E-state index is 0.0263. The Labute approximate surface area is 125 Å². The number of aromatic nitrogens is 2. The van der Waals surface area contributed by atoms with Gasteiger partial charge in [-0.15, -0.1) is 0 Å². The molecule has 0 amide bonds. The van der Waals surface area contributed by atoms with E-state index >= 15 is 0 Å². The van der Waals surface area contributed by atoms with E-state index in [1.54, 1.807) is 12.1 Å². The summed E-state index contributed by atoms with van der Waals surface area (Å²) in [4.78, 5) is 26.6. The maximum Gasteiger partial charge on any atom is 0.334 e. The van der Waals surface area contributed by atoms with Crippen LogP contribution in [0.3, 0.4) is 0 Å². The summed E-state index contributed by atoms with van der Waals surface area (Å²) in [6.45, 7) is 0. The second-order valence-electron chi connectivity index (χ2n) is 4.48. The van der Waals surface area contributed by atoms with Crippen molar-refractivity contribution in [3.8, 4) is 16.8 Å². The molecule has 0 aliphatic carbocycles. The summed E-state index contributed by atoms with van der Waals surface area (Å²) >= 11 is 5.70. The van der Waals surface area contributed by atoms with Crippen LogP contribution in [0, 0.1) is 0 Å². The molecule has 0 saturated heterocycles. The molecular formula is C16H11ClN2O2. The smallest absolute Gasteiger partial charge is 0.297 e. The van der Waals surface area contributed by atoms with Crippen molar-refractivity contribution < 1.29 is 0 Å². The summed E-state index contributed by atoms with van der Waals surface area (Å²) in [6, 6.07) is 18.0. The number of H-pyrrole nitrogens is 1. The number of halogens is 1. The van der Waals surface area contributed by atoms with E-state index in [4.69, 9.17) is 11.6 Å². The number of nitrogens with zero attached hydrogens (tertiary/aromatic N) is 1. The van der Waals surface area contributed by atoms with Crippen LogP contribution in [0.2, 0.25) is 5.15 Å². The fourth-order valence-corrected chi connectivity index (χ4v) is 2.40. The minimum atomic E-state index is -0.559. The molecule has 1 N–H and O–H groups in total. The van der Waals surface area contributed by atoms with E-state index in [-0.39, 0.29) is 5.15 Å². The molecule has 1 heterocycles. The summed E-state index contributed by atoms with van der Waals surface area (Å²) in [5.41, 5.74) is 1.22. The van der Waals surface area contributed by atoms with Gasteiger partial charge in [-0.3, -0.25) is 9.78 Å². The van der Waals surface area contributed by atoms with Gasteiger partial charge in [0, 0.05) is 11.6 Å². The van der Waals surface area contributed by atoms with Crippen molar-refractivity contribution in [3.05, 3.63) is 86.7 Å². The highest BCUT2D eigenvalue weighted by molar-refractivity contribution is 6.29. The normalized spacial score (nSPS) is 10.5. The molecule has 5 heteroatoms. The summed E-state index contributed by atoms with van der Waals surface area (Å²) in [6.07, 6.45) is 0. The first-order valence-corrected chi connectivity index (χ1v) is 6.71. The Kier molecular flexibility index (Phi) is 3.46. The molecule has 0 aliphatic rings. The molecule has 3 aromatic rings. The second kappa shape index (κ2) is 5.42. The molecule has 0 bridgehead atoms. The third-order valence-electron chi connectivity index (χ3n) is 3.13. The fourth-order valence-electron chi connectivity index (χ4n) is 2.23. The molecule has 0 spiro atoms. The maximum atomic E-state index is 12.1. The maximum absolute atomic E-state index is 12.1. The van der Waals surface area contributed by atoms with E-state index in [2.05, 4.69) is 4.98 Å². The van der Waals surface area contributed by atoms with Gasteiger partial charge >= 0.3 is 5.69 Å².